The predicted octanol–water partition coefficient (Wildman–Crippen LogP) is 0.786. The molecule has 1 N–H and O–H groups in total. The molecule has 0 aliphatic heterocycles. The van der Waals surface area contributed by atoms with Gasteiger partial charge in [-0.1, -0.05) is 0 Å². The second-order valence-electron chi connectivity index (χ2n) is 5.07. The van der Waals surface area contributed by atoms with Gasteiger partial charge in [0.05, 0.1) is 13.0 Å². The number of nitrogens with zero attached hydrogens (tertiary/aromatic N) is 1. The van der Waals surface area contributed by atoms with Crippen molar-refractivity contribution in [3.63, 3.8) is 0 Å². The lowest BCUT2D eigenvalue weighted by Gasteiger charge is -2.25. The number of carboxylic acids is 1. The Morgan fingerprint density at radius 2 is 1.85 bits per heavy atom. The SMILES string of the molecule is CC(=O)O[C@H](CC(=O)O)CN(C=O)C(=O)OC(C)(C)C. The Bertz CT molecular complexity index is 370. The second-order valence-corrected chi connectivity index (χ2v) is 5.07. The minimum absolute atomic E-state index is 0.201. The Labute approximate surface area is 116 Å². The maximum Gasteiger partial charge on any atom is 0.416 e. The molecule has 0 bridgehead atoms. The number of carboxylic acid groups (broad SMARTS) is 1. The van der Waals surface area contributed by atoms with Crippen molar-refractivity contribution in [1.82, 2.24) is 4.90 Å². The number of rotatable bonds is 6. The van der Waals surface area contributed by atoms with Crippen LogP contribution in [0.5, 0.6) is 0 Å². The fourth-order valence-electron chi connectivity index (χ4n) is 1.27. The third-order valence-electron chi connectivity index (χ3n) is 1.89. The zero-order valence-electron chi connectivity index (χ0n) is 11.9. The predicted molar refractivity (Wildman–Crippen MR) is 66.8 cm³/mol. The van der Waals surface area contributed by atoms with Crippen LogP contribution in [-0.2, 0) is 23.9 Å². The zero-order valence-corrected chi connectivity index (χ0v) is 11.9. The summed E-state index contributed by atoms with van der Waals surface area (Å²) in [6.07, 6.45) is -2.38. The van der Waals surface area contributed by atoms with Gasteiger partial charge in [0, 0.05) is 6.92 Å². The highest BCUT2D eigenvalue weighted by Gasteiger charge is 2.26. The first kappa shape index (κ1) is 17.9. The highest BCUT2D eigenvalue weighted by Crippen LogP contribution is 2.11. The van der Waals surface area contributed by atoms with Gasteiger partial charge in [-0.3, -0.25) is 14.4 Å². The van der Waals surface area contributed by atoms with Crippen molar-refractivity contribution >= 4 is 24.4 Å². The van der Waals surface area contributed by atoms with Crippen LogP contribution in [0.15, 0.2) is 0 Å². The molecule has 8 heteroatoms. The minimum Gasteiger partial charge on any atom is -0.481 e. The standard InChI is InChI=1S/C12H19NO7/c1-8(15)19-9(5-10(16)17)6-13(7-14)11(18)20-12(2,3)4/h7,9H,5-6H2,1-4H3,(H,16,17)/t9-/m1/s1. The lowest BCUT2D eigenvalue weighted by atomic mass is 10.2. The number of amides is 2. The quantitative estimate of drug-likeness (QED) is 0.568. The van der Waals surface area contributed by atoms with E-state index >= 15 is 0 Å². The van der Waals surface area contributed by atoms with E-state index in [-0.39, 0.29) is 13.0 Å². The summed E-state index contributed by atoms with van der Waals surface area (Å²) in [5.41, 5.74) is -0.804. The number of imide groups is 1. The molecule has 0 aliphatic rings. The van der Waals surface area contributed by atoms with Crippen LogP contribution < -0.4 is 0 Å². The normalized spacial score (nSPS) is 12.2. The Balaban J connectivity index is 4.77. The number of esters is 1. The molecule has 20 heavy (non-hydrogen) atoms. The zero-order chi connectivity index (χ0) is 15.9. The van der Waals surface area contributed by atoms with E-state index < -0.39 is 36.2 Å². The molecule has 0 aromatic rings. The van der Waals surface area contributed by atoms with Crippen LogP contribution in [-0.4, -0.2) is 52.7 Å². The molecule has 0 heterocycles. The minimum atomic E-state index is -1.22. The largest absolute Gasteiger partial charge is 0.481 e. The van der Waals surface area contributed by atoms with Crippen LogP contribution >= 0.6 is 0 Å². The molecule has 0 radical (unpaired) electrons. The number of aliphatic carboxylic acids is 1. The van der Waals surface area contributed by atoms with Gasteiger partial charge in [0.2, 0.25) is 6.41 Å². The van der Waals surface area contributed by atoms with E-state index in [1.807, 2.05) is 0 Å². The van der Waals surface area contributed by atoms with Crippen molar-refractivity contribution in [3.05, 3.63) is 0 Å². The molecule has 0 spiro atoms. The van der Waals surface area contributed by atoms with Gasteiger partial charge < -0.3 is 14.6 Å². The summed E-state index contributed by atoms with van der Waals surface area (Å²) in [5.74, 6) is -1.92. The highest BCUT2D eigenvalue weighted by atomic mass is 16.6. The fraction of sp³-hybridized carbons (Fsp3) is 0.667. The Kier molecular flexibility index (Phi) is 6.67. The Morgan fingerprint density at radius 1 is 1.30 bits per heavy atom. The maximum atomic E-state index is 11.7. The first-order valence-corrected chi connectivity index (χ1v) is 5.89. The number of hydrogen-bond acceptors (Lipinski definition) is 6. The van der Waals surface area contributed by atoms with Crippen molar-refractivity contribution < 1.29 is 33.8 Å². The van der Waals surface area contributed by atoms with Crippen LogP contribution in [0, 0.1) is 0 Å². The van der Waals surface area contributed by atoms with E-state index in [2.05, 4.69) is 0 Å². The molecule has 0 aromatic heterocycles. The third-order valence-corrected chi connectivity index (χ3v) is 1.89. The van der Waals surface area contributed by atoms with Gasteiger partial charge in [-0.05, 0) is 20.8 Å². The molecular formula is C12H19NO7. The van der Waals surface area contributed by atoms with Gasteiger partial charge in [-0.25, -0.2) is 9.69 Å². The summed E-state index contributed by atoms with van der Waals surface area (Å²) in [5, 5.41) is 8.69. The van der Waals surface area contributed by atoms with E-state index in [0.717, 1.165) is 6.92 Å². The molecule has 114 valence electrons. The van der Waals surface area contributed by atoms with Gasteiger partial charge in [-0.15, -0.1) is 0 Å². The summed E-state index contributed by atoms with van der Waals surface area (Å²) < 4.78 is 9.72. The molecule has 0 saturated heterocycles. The van der Waals surface area contributed by atoms with Gasteiger partial charge >= 0.3 is 18.0 Å². The molecule has 0 saturated carbocycles. The summed E-state index contributed by atoms with van der Waals surface area (Å²) in [6, 6.07) is 0. The van der Waals surface area contributed by atoms with E-state index in [1.165, 1.54) is 0 Å². The van der Waals surface area contributed by atoms with E-state index in [1.54, 1.807) is 20.8 Å². The lowest BCUT2D eigenvalue weighted by molar-refractivity contribution is -0.152. The second kappa shape index (κ2) is 7.46. The summed E-state index contributed by atoms with van der Waals surface area (Å²) >= 11 is 0. The summed E-state index contributed by atoms with van der Waals surface area (Å²) in [6.45, 7) is 5.58. The maximum absolute atomic E-state index is 11.7. The van der Waals surface area contributed by atoms with E-state index in [0.29, 0.717) is 4.90 Å². The average molecular weight is 289 g/mol. The van der Waals surface area contributed by atoms with Gasteiger partial charge in [0.1, 0.15) is 11.7 Å². The van der Waals surface area contributed by atoms with Crippen LogP contribution in [0.2, 0.25) is 0 Å². The van der Waals surface area contributed by atoms with Crippen LogP contribution in [0.1, 0.15) is 34.1 Å². The molecule has 2 amide bonds. The average Bonchev–Trinajstić information content (AvgIpc) is 2.21. The van der Waals surface area contributed by atoms with E-state index in [4.69, 9.17) is 14.6 Å². The molecule has 0 fully saturated rings. The number of ether oxygens (including phenoxy) is 2. The van der Waals surface area contributed by atoms with Crippen LogP contribution in [0.25, 0.3) is 0 Å². The first-order valence-electron chi connectivity index (χ1n) is 5.89. The summed E-state index contributed by atoms with van der Waals surface area (Å²) in [7, 11) is 0. The Hall–Kier alpha value is -2.12. The van der Waals surface area contributed by atoms with Crippen molar-refractivity contribution in [1.29, 1.82) is 0 Å². The van der Waals surface area contributed by atoms with Crippen LogP contribution in [0.3, 0.4) is 0 Å². The topological polar surface area (TPSA) is 110 Å². The first-order chi connectivity index (χ1) is 9.05. The van der Waals surface area contributed by atoms with Crippen molar-refractivity contribution in [2.24, 2.45) is 0 Å². The van der Waals surface area contributed by atoms with Gasteiger partial charge in [0.25, 0.3) is 0 Å². The number of hydrogen-bond donors (Lipinski definition) is 1. The molecule has 8 nitrogen and oxygen atoms in total. The van der Waals surface area contributed by atoms with Gasteiger partial charge in [0.15, 0.2) is 0 Å². The lowest BCUT2D eigenvalue weighted by Crippen LogP contribution is -2.42. The molecule has 0 unspecified atom stereocenters. The molecule has 1 atom stereocenters. The highest BCUT2D eigenvalue weighted by molar-refractivity contribution is 5.80. The molecule has 0 aromatic carbocycles. The monoisotopic (exact) mass is 289 g/mol. The van der Waals surface area contributed by atoms with Crippen LogP contribution in [0.4, 0.5) is 4.79 Å². The van der Waals surface area contributed by atoms with Crippen molar-refractivity contribution in [2.75, 3.05) is 6.54 Å². The summed E-state index contributed by atoms with van der Waals surface area (Å²) in [4.78, 5) is 44.7. The fourth-order valence-corrected chi connectivity index (χ4v) is 1.27. The van der Waals surface area contributed by atoms with Crippen molar-refractivity contribution in [2.45, 2.75) is 45.8 Å². The smallest absolute Gasteiger partial charge is 0.416 e. The molecular weight excluding hydrogens is 270 g/mol. The van der Waals surface area contributed by atoms with Crippen molar-refractivity contribution in [3.8, 4) is 0 Å². The molecule has 0 rings (SSSR count). The van der Waals surface area contributed by atoms with Gasteiger partial charge in [-0.2, -0.15) is 0 Å². The Morgan fingerprint density at radius 3 is 2.20 bits per heavy atom. The molecule has 0 aliphatic carbocycles. The van der Waals surface area contributed by atoms with E-state index in [9.17, 15) is 19.2 Å². The third kappa shape index (κ3) is 8.06. The number of carbonyl (C=O) groups excluding carboxylic acids is 3. The number of carbonyl (C=O) groups is 4.